The minimum atomic E-state index is -0.311. The molecule has 2 aromatic rings. The molecule has 0 fully saturated rings. The van der Waals surface area contributed by atoms with E-state index in [0.717, 1.165) is 5.52 Å². The minimum Gasteiger partial charge on any atom is -0.503 e. The van der Waals surface area contributed by atoms with Gasteiger partial charge in [-0.25, -0.2) is 0 Å². The Kier molecular flexibility index (Phi) is 1.59. The highest BCUT2D eigenvalue weighted by Gasteiger charge is 2.03. The third-order valence-corrected chi connectivity index (χ3v) is 2.08. The molecule has 0 spiro atoms. The molecule has 0 saturated heterocycles. The van der Waals surface area contributed by atoms with E-state index >= 15 is 0 Å². The number of benzene rings is 1. The van der Waals surface area contributed by atoms with Crippen molar-refractivity contribution in [2.45, 2.75) is 0 Å². The van der Waals surface area contributed by atoms with Gasteiger partial charge < -0.3 is 9.67 Å². The maximum atomic E-state index is 11.4. The van der Waals surface area contributed by atoms with Crippen molar-refractivity contribution < 1.29 is 5.11 Å². The molecule has 3 nitrogen and oxygen atoms in total. The Balaban J connectivity index is 3.06. The molecule has 2 rings (SSSR count). The molecule has 0 aliphatic rings. The molecule has 3 heteroatoms. The SMILES string of the molecule is Cn1cc(O)c(=O)c2ccccc21. The molecule has 1 aromatic carbocycles. The first kappa shape index (κ1) is 7.86. The summed E-state index contributed by atoms with van der Waals surface area (Å²) in [6, 6.07) is 7.19. The Morgan fingerprint density at radius 2 is 2.00 bits per heavy atom. The van der Waals surface area contributed by atoms with Gasteiger partial charge in [0.25, 0.3) is 0 Å². The van der Waals surface area contributed by atoms with E-state index < -0.39 is 0 Å². The van der Waals surface area contributed by atoms with Crippen molar-refractivity contribution in [3.8, 4) is 5.75 Å². The molecular weight excluding hydrogens is 166 g/mol. The van der Waals surface area contributed by atoms with Crippen LogP contribution >= 0.6 is 0 Å². The third-order valence-electron chi connectivity index (χ3n) is 2.08. The summed E-state index contributed by atoms with van der Waals surface area (Å²) < 4.78 is 1.73. The zero-order valence-electron chi connectivity index (χ0n) is 7.19. The van der Waals surface area contributed by atoms with Gasteiger partial charge in [0.2, 0.25) is 5.43 Å². The lowest BCUT2D eigenvalue weighted by atomic mass is 10.2. The molecule has 1 N–H and O–H groups in total. The minimum absolute atomic E-state index is 0.207. The van der Waals surface area contributed by atoms with E-state index in [1.54, 1.807) is 23.7 Å². The van der Waals surface area contributed by atoms with Crippen LogP contribution in [0.5, 0.6) is 5.75 Å². The number of hydrogen-bond acceptors (Lipinski definition) is 2. The predicted molar refractivity (Wildman–Crippen MR) is 50.9 cm³/mol. The fourth-order valence-corrected chi connectivity index (χ4v) is 1.42. The highest BCUT2D eigenvalue weighted by atomic mass is 16.3. The number of hydrogen-bond donors (Lipinski definition) is 1. The number of rotatable bonds is 0. The first-order chi connectivity index (χ1) is 6.20. The Morgan fingerprint density at radius 1 is 1.31 bits per heavy atom. The number of aryl methyl sites for hydroxylation is 1. The molecule has 0 atom stereocenters. The van der Waals surface area contributed by atoms with Crippen LogP contribution in [-0.2, 0) is 7.05 Å². The Hall–Kier alpha value is -1.77. The van der Waals surface area contributed by atoms with Crippen LogP contribution in [0.15, 0.2) is 35.3 Å². The van der Waals surface area contributed by atoms with Gasteiger partial charge >= 0.3 is 0 Å². The molecule has 0 unspecified atom stereocenters. The van der Waals surface area contributed by atoms with Crippen LogP contribution in [0, 0.1) is 0 Å². The first-order valence-electron chi connectivity index (χ1n) is 3.97. The molecule has 66 valence electrons. The highest BCUT2D eigenvalue weighted by Crippen LogP contribution is 2.12. The largest absolute Gasteiger partial charge is 0.503 e. The predicted octanol–water partition coefficient (Wildman–Crippen LogP) is 1.24. The van der Waals surface area contributed by atoms with E-state index in [1.807, 2.05) is 12.1 Å². The smallest absolute Gasteiger partial charge is 0.230 e. The standard InChI is InChI=1S/C10H9NO2/c1-11-6-9(12)10(13)7-4-2-3-5-8(7)11/h2-6,12H,1H3. The van der Waals surface area contributed by atoms with Crippen LogP contribution in [0.1, 0.15) is 0 Å². The lowest BCUT2D eigenvalue weighted by molar-refractivity contribution is 0.466. The van der Waals surface area contributed by atoms with Gasteiger partial charge in [-0.15, -0.1) is 0 Å². The quantitative estimate of drug-likeness (QED) is 0.654. The third kappa shape index (κ3) is 1.09. The van der Waals surface area contributed by atoms with Crippen molar-refractivity contribution in [3.05, 3.63) is 40.7 Å². The van der Waals surface area contributed by atoms with Crippen molar-refractivity contribution in [1.82, 2.24) is 4.57 Å². The van der Waals surface area contributed by atoms with E-state index in [9.17, 15) is 9.90 Å². The summed E-state index contributed by atoms with van der Waals surface area (Å²) >= 11 is 0. The zero-order valence-corrected chi connectivity index (χ0v) is 7.19. The number of aromatic nitrogens is 1. The van der Waals surface area contributed by atoms with Crippen molar-refractivity contribution in [3.63, 3.8) is 0 Å². The van der Waals surface area contributed by atoms with Crippen molar-refractivity contribution in [1.29, 1.82) is 0 Å². The van der Waals surface area contributed by atoms with Crippen LogP contribution in [0.4, 0.5) is 0 Å². The second-order valence-electron chi connectivity index (χ2n) is 2.97. The van der Waals surface area contributed by atoms with Crippen molar-refractivity contribution >= 4 is 10.9 Å². The van der Waals surface area contributed by atoms with Crippen molar-refractivity contribution in [2.75, 3.05) is 0 Å². The summed E-state index contributed by atoms with van der Waals surface area (Å²) in [4.78, 5) is 11.4. The number of para-hydroxylation sites is 1. The van der Waals surface area contributed by atoms with E-state index in [-0.39, 0.29) is 11.2 Å². The topological polar surface area (TPSA) is 42.2 Å². The summed E-state index contributed by atoms with van der Waals surface area (Å²) in [6.45, 7) is 0. The fraction of sp³-hybridized carbons (Fsp3) is 0.100. The average molecular weight is 175 g/mol. The molecule has 13 heavy (non-hydrogen) atoms. The van der Waals surface area contributed by atoms with Gasteiger partial charge in [-0.2, -0.15) is 0 Å². The van der Waals surface area contributed by atoms with E-state index in [1.165, 1.54) is 6.20 Å². The van der Waals surface area contributed by atoms with Crippen LogP contribution in [0.3, 0.4) is 0 Å². The van der Waals surface area contributed by atoms with Crippen LogP contribution in [-0.4, -0.2) is 9.67 Å². The summed E-state index contributed by atoms with van der Waals surface area (Å²) in [5, 5.41) is 9.81. The zero-order chi connectivity index (χ0) is 9.42. The van der Waals surface area contributed by atoms with Crippen molar-refractivity contribution in [2.24, 2.45) is 7.05 Å². The first-order valence-corrected chi connectivity index (χ1v) is 3.97. The molecule has 0 aliphatic heterocycles. The van der Waals surface area contributed by atoms with Gasteiger partial charge in [0.05, 0.1) is 11.7 Å². The monoisotopic (exact) mass is 175 g/mol. The summed E-state index contributed by atoms with van der Waals surface area (Å²) in [6.07, 6.45) is 1.42. The normalized spacial score (nSPS) is 10.5. The Morgan fingerprint density at radius 3 is 2.77 bits per heavy atom. The van der Waals surface area contributed by atoms with Gasteiger partial charge in [0.15, 0.2) is 5.75 Å². The Labute approximate surface area is 74.9 Å². The molecular formula is C10H9NO2. The maximum Gasteiger partial charge on any atom is 0.230 e. The van der Waals surface area contributed by atoms with Crippen LogP contribution in [0.2, 0.25) is 0 Å². The lowest BCUT2D eigenvalue weighted by Gasteiger charge is -2.04. The molecule has 1 aromatic heterocycles. The average Bonchev–Trinajstić information content (AvgIpc) is 2.15. The molecule has 1 heterocycles. The number of aromatic hydroxyl groups is 1. The van der Waals surface area contributed by atoms with Gasteiger partial charge in [0, 0.05) is 12.4 Å². The van der Waals surface area contributed by atoms with Gasteiger partial charge in [-0.3, -0.25) is 4.79 Å². The number of fused-ring (bicyclic) bond motifs is 1. The second-order valence-corrected chi connectivity index (χ2v) is 2.97. The second kappa shape index (κ2) is 2.62. The van der Waals surface area contributed by atoms with Crippen LogP contribution < -0.4 is 5.43 Å². The molecule has 0 bridgehead atoms. The maximum absolute atomic E-state index is 11.4. The van der Waals surface area contributed by atoms with E-state index in [0.29, 0.717) is 5.39 Å². The molecule has 0 aliphatic carbocycles. The Bertz CT molecular complexity index is 514. The summed E-state index contributed by atoms with van der Waals surface area (Å²) in [7, 11) is 1.79. The number of nitrogens with zero attached hydrogens (tertiary/aromatic N) is 1. The number of pyridine rings is 1. The summed E-state index contributed by atoms with van der Waals surface area (Å²) in [5.41, 5.74) is 0.513. The lowest BCUT2D eigenvalue weighted by Crippen LogP contribution is -2.05. The fourth-order valence-electron chi connectivity index (χ4n) is 1.42. The van der Waals surface area contributed by atoms with Gasteiger partial charge in [0.1, 0.15) is 0 Å². The molecule has 0 amide bonds. The van der Waals surface area contributed by atoms with E-state index in [2.05, 4.69) is 0 Å². The summed E-state index contributed by atoms with van der Waals surface area (Å²) in [5.74, 6) is -0.207. The van der Waals surface area contributed by atoms with Gasteiger partial charge in [-0.1, -0.05) is 12.1 Å². The van der Waals surface area contributed by atoms with E-state index in [4.69, 9.17) is 0 Å². The molecule has 0 radical (unpaired) electrons. The van der Waals surface area contributed by atoms with Gasteiger partial charge in [-0.05, 0) is 12.1 Å². The molecule has 0 saturated carbocycles. The highest BCUT2D eigenvalue weighted by molar-refractivity contribution is 5.79. The van der Waals surface area contributed by atoms with Crippen LogP contribution in [0.25, 0.3) is 10.9 Å².